The van der Waals surface area contributed by atoms with Gasteiger partial charge in [0.25, 0.3) is 0 Å². The van der Waals surface area contributed by atoms with Crippen molar-refractivity contribution in [1.29, 1.82) is 0 Å². The molecule has 216 valence electrons. The summed E-state index contributed by atoms with van der Waals surface area (Å²) < 4.78 is 0. The highest BCUT2D eigenvalue weighted by Crippen LogP contribution is 2.51. The van der Waals surface area contributed by atoms with E-state index in [1.807, 2.05) is 18.6 Å². The van der Waals surface area contributed by atoms with Crippen LogP contribution in [0.2, 0.25) is 0 Å². The number of aromatic nitrogens is 2. The van der Waals surface area contributed by atoms with E-state index < -0.39 is 0 Å². The fourth-order valence-electron chi connectivity index (χ4n) is 7.15. The van der Waals surface area contributed by atoms with Gasteiger partial charge in [-0.2, -0.15) is 0 Å². The molecule has 1 atom stereocenters. The number of nitrogens with zero attached hydrogens (tertiary/aromatic N) is 6. The van der Waals surface area contributed by atoms with Gasteiger partial charge >= 0.3 is 0 Å². The van der Waals surface area contributed by atoms with E-state index in [-0.39, 0.29) is 16.7 Å². The van der Waals surface area contributed by atoms with E-state index in [4.69, 9.17) is 20.0 Å². The van der Waals surface area contributed by atoms with Crippen LogP contribution < -0.4 is 9.80 Å². The van der Waals surface area contributed by atoms with Crippen LogP contribution in [0.5, 0.6) is 0 Å². The van der Waals surface area contributed by atoms with E-state index in [0.29, 0.717) is 18.5 Å². The van der Waals surface area contributed by atoms with Crippen LogP contribution in [0.4, 0.5) is 28.7 Å². The van der Waals surface area contributed by atoms with E-state index in [1.54, 1.807) is 0 Å². The van der Waals surface area contributed by atoms with Gasteiger partial charge in [-0.25, -0.2) is 20.0 Å². The van der Waals surface area contributed by atoms with Crippen LogP contribution in [-0.4, -0.2) is 28.7 Å². The SMILES string of the molecule is CC1(C)c2ccccc2N(C2=NCC(c3cnc(N4c5ccccc5C(C)(C)c5ccccc54)nc3)C=N2)c2ccccc21. The van der Waals surface area contributed by atoms with Crippen LogP contribution in [-0.2, 0) is 10.8 Å². The summed E-state index contributed by atoms with van der Waals surface area (Å²) in [5.74, 6) is 1.36. The monoisotopic (exact) mass is 574 g/mol. The van der Waals surface area contributed by atoms with Gasteiger partial charge in [-0.3, -0.25) is 9.80 Å². The molecule has 0 N–H and O–H groups in total. The first kappa shape index (κ1) is 26.5. The highest BCUT2D eigenvalue weighted by molar-refractivity contribution is 6.09. The third kappa shape index (κ3) is 3.87. The van der Waals surface area contributed by atoms with Crippen molar-refractivity contribution >= 4 is 40.9 Å². The highest BCUT2D eigenvalue weighted by Gasteiger charge is 2.39. The van der Waals surface area contributed by atoms with Gasteiger partial charge in [0.2, 0.25) is 11.9 Å². The number of guanidine groups is 1. The molecule has 0 bridgehead atoms. The first-order valence-corrected chi connectivity index (χ1v) is 15.2. The second kappa shape index (κ2) is 9.71. The van der Waals surface area contributed by atoms with Gasteiger partial charge in [0.05, 0.1) is 29.3 Å². The summed E-state index contributed by atoms with van der Waals surface area (Å²) in [4.78, 5) is 24.1. The summed E-state index contributed by atoms with van der Waals surface area (Å²) in [7, 11) is 0. The van der Waals surface area contributed by atoms with Crippen LogP contribution in [0, 0.1) is 0 Å². The highest BCUT2D eigenvalue weighted by atomic mass is 15.3. The molecule has 4 aromatic carbocycles. The molecular weight excluding hydrogens is 540 g/mol. The summed E-state index contributed by atoms with van der Waals surface area (Å²) in [6.07, 6.45) is 5.86. The summed E-state index contributed by atoms with van der Waals surface area (Å²) in [6, 6.07) is 34.3. The Morgan fingerprint density at radius 1 is 0.568 bits per heavy atom. The molecule has 6 nitrogen and oxygen atoms in total. The van der Waals surface area contributed by atoms with Crippen molar-refractivity contribution in [3.05, 3.63) is 137 Å². The number of aliphatic imine (C=N–C) groups is 2. The second-order valence-corrected chi connectivity index (χ2v) is 12.8. The van der Waals surface area contributed by atoms with E-state index >= 15 is 0 Å². The molecule has 0 saturated heterocycles. The lowest BCUT2D eigenvalue weighted by Crippen LogP contribution is -2.37. The number of hydrogen-bond donors (Lipinski definition) is 0. The molecule has 5 aromatic rings. The molecule has 0 spiro atoms. The van der Waals surface area contributed by atoms with Crippen LogP contribution in [0.25, 0.3) is 0 Å². The second-order valence-electron chi connectivity index (χ2n) is 12.8. The standard InChI is InChI=1S/C38H34N6/c1-37(2)27-13-5-9-17-31(27)43(32-18-10-6-14-28(32)37)35-39-21-25(22-40-35)26-23-41-36(42-24-26)44-33-19-11-7-15-29(33)38(3,4)30-16-8-12-20-34(30)44/h5-23,26H,24H2,1-4H3. The Hall–Kier alpha value is -5.10. The Balaban J connectivity index is 1.10. The number of benzene rings is 4. The van der Waals surface area contributed by atoms with Gasteiger partial charge in [-0.1, -0.05) is 100 Å². The van der Waals surface area contributed by atoms with Gasteiger partial charge in [-0.15, -0.1) is 0 Å². The fourth-order valence-corrected chi connectivity index (χ4v) is 7.15. The van der Waals surface area contributed by atoms with Crippen molar-refractivity contribution in [3.63, 3.8) is 0 Å². The van der Waals surface area contributed by atoms with Gasteiger partial charge in [0.1, 0.15) is 0 Å². The zero-order chi connectivity index (χ0) is 30.1. The maximum absolute atomic E-state index is 5.02. The lowest BCUT2D eigenvalue weighted by atomic mass is 9.74. The minimum Gasteiger partial charge on any atom is -0.279 e. The predicted octanol–water partition coefficient (Wildman–Crippen LogP) is 8.59. The smallest absolute Gasteiger partial charge is 0.234 e. The van der Waals surface area contributed by atoms with Crippen LogP contribution in [0.1, 0.15) is 61.4 Å². The molecule has 8 rings (SSSR count). The molecule has 0 saturated carbocycles. The summed E-state index contributed by atoms with van der Waals surface area (Å²) >= 11 is 0. The van der Waals surface area contributed by atoms with Crippen molar-refractivity contribution in [2.75, 3.05) is 16.3 Å². The molecule has 1 aromatic heterocycles. The van der Waals surface area contributed by atoms with Gasteiger partial charge in [0, 0.05) is 35.4 Å². The molecule has 0 radical (unpaired) electrons. The molecule has 0 aliphatic carbocycles. The number of anilines is 5. The average Bonchev–Trinajstić information content (AvgIpc) is 3.06. The Bertz CT molecular complexity index is 1870. The van der Waals surface area contributed by atoms with Gasteiger partial charge in [-0.05, 0) is 52.1 Å². The minimum atomic E-state index is -0.122. The lowest BCUT2D eigenvalue weighted by Gasteiger charge is -2.41. The maximum atomic E-state index is 5.02. The minimum absolute atomic E-state index is 0.000573. The van der Waals surface area contributed by atoms with Crippen LogP contribution >= 0.6 is 0 Å². The fraction of sp³-hybridized carbons (Fsp3) is 0.211. The van der Waals surface area contributed by atoms with Crippen LogP contribution in [0.15, 0.2) is 119 Å². The van der Waals surface area contributed by atoms with Gasteiger partial charge < -0.3 is 0 Å². The molecule has 0 fully saturated rings. The molecular formula is C38H34N6. The first-order chi connectivity index (χ1) is 21.4. The van der Waals surface area contributed by atoms with E-state index in [0.717, 1.165) is 28.3 Å². The average molecular weight is 575 g/mol. The van der Waals surface area contributed by atoms with E-state index in [9.17, 15) is 0 Å². The number of para-hydroxylation sites is 4. The Labute approximate surface area is 258 Å². The molecule has 3 aliphatic heterocycles. The Kier molecular flexibility index (Phi) is 5.85. The number of rotatable bonds is 2. The molecule has 44 heavy (non-hydrogen) atoms. The van der Waals surface area contributed by atoms with Crippen molar-refractivity contribution in [2.24, 2.45) is 9.98 Å². The third-order valence-electron chi connectivity index (χ3n) is 9.56. The maximum Gasteiger partial charge on any atom is 0.234 e. The largest absolute Gasteiger partial charge is 0.279 e. The third-order valence-corrected chi connectivity index (χ3v) is 9.56. The van der Waals surface area contributed by atoms with Crippen molar-refractivity contribution < 1.29 is 0 Å². The Morgan fingerprint density at radius 2 is 0.977 bits per heavy atom. The van der Waals surface area contributed by atoms with Gasteiger partial charge in [0.15, 0.2) is 0 Å². The zero-order valence-electron chi connectivity index (χ0n) is 25.4. The molecule has 1 unspecified atom stereocenters. The zero-order valence-corrected chi connectivity index (χ0v) is 25.4. The molecule has 6 heteroatoms. The van der Waals surface area contributed by atoms with Crippen molar-refractivity contribution in [3.8, 4) is 0 Å². The summed E-state index contributed by atoms with van der Waals surface area (Å²) in [5, 5.41) is 0. The van der Waals surface area contributed by atoms with E-state index in [2.05, 4.69) is 135 Å². The molecule has 4 heterocycles. The normalized spacial score (nSPS) is 18.9. The summed E-state index contributed by atoms with van der Waals surface area (Å²) in [6.45, 7) is 9.72. The quantitative estimate of drug-likeness (QED) is 0.212. The lowest BCUT2D eigenvalue weighted by molar-refractivity contribution is 0.630. The molecule has 3 aliphatic rings. The van der Waals surface area contributed by atoms with E-state index in [1.165, 1.54) is 22.3 Å². The molecule has 0 amide bonds. The summed E-state index contributed by atoms with van der Waals surface area (Å²) in [5.41, 5.74) is 10.3. The topological polar surface area (TPSA) is 57.0 Å². The number of hydrogen-bond acceptors (Lipinski definition) is 6. The first-order valence-electron chi connectivity index (χ1n) is 15.2. The number of fused-ring (bicyclic) bond motifs is 4. The predicted molar refractivity (Wildman–Crippen MR) is 180 cm³/mol. The van der Waals surface area contributed by atoms with Crippen molar-refractivity contribution in [2.45, 2.75) is 44.4 Å². The van der Waals surface area contributed by atoms with Crippen molar-refractivity contribution in [1.82, 2.24) is 9.97 Å². The van der Waals surface area contributed by atoms with Crippen LogP contribution in [0.3, 0.4) is 0 Å². The Morgan fingerprint density at radius 3 is 1.39 bits per heavy atom.